The summed E-state index contributed by atoms with van der Waals surface area (Å²) in [6.45, 7) is 4.83. The minimum Gasteiger partial charge on any atom is -0.490 e. The molecule has 1 amide bonds. The van der Waals surface area contributed by atoms with Gasteiger partial charge >= 0.3 is 0 Å². The molecule has 1 aromatic carbocycles. The molecule has 0 aliphatic rings. The monoisotopic (exact) mass is 374 g/mol. The lowest BCUT2D eigenvalue weighted by atomic mass is 10.1. The van der Waals surface area contributed by atoms with E-state index in [1.165, 1.54) is 0 Å². The number of aliphatic hydroxyl groups excluding tert-OH is 1. The van der Waals surface area contributed by atoms with Gasteiger partial charge in [-0.05, 0) is 31.0 Å². The van der Waals surface area contributed by atoms with Crippen molar-refractivity contribution in [2.45, 2.75) is 32.9 Å². The Hall–Kier alpha value is -1.31. The molecule has 22 heavy (non-hydrogen) atoms. The number of ether oxygens (including phenoxy) is 2. The quantitative estimate of drug-likeness (QED) is 0.577. The molecule has 6 nitrogen and oxygen atoms in total. The molecule has 0 unspecified atom stereocenters. The molecule has 0 radical (unpaired) electrons. The van der Waals surface area contributed by atoms with Gasteiger partial charge in [0.15, 0.2) is 18.1 Å². The molecule has 0 bridgehead atoms. The largest absolute Gasteiger partial charge is 0.490 e. The Kier molecular flexibility index (Phi) is 8.22. The van der Waals surface area contributed by atoms with E-state index in [1.807, 2.05) is 19.9 Å². The molecule has 0 spiro atoms. The fourth-order valence-corrected chi connectivity index (χ4v) is 2.30. The highest BCUT2D eigenvalue weighted by Crippen LogP contribution is 2.34. The summed E-state index contributed by atoms with van der Waals surface area (Å²) in [7, 11) is 0. The second kappa shape index (κ2) is 9.66. The van der Waals surface area contributed by atoms with Gasteiger partial charge in [-0.3, -0.25) is 4.79 Å². The first-order chi connectivity index (χ1) is 10.5. The minimum atomic E-state index is -0.543. The van der Waals surface area contributed by atoms with E-state index in [0.717, 1.165) is 16.5 Å². The Morgan fingerprint density at radius 1 is 1.36 bits per heavy atom. The molecule has 0 saturated heterocycles. The molecule has 0 aliphatic heterocycles. The molecule has 4 N–H and O–H groups in total. The first-order valence-electron chi connectivity index (χ1n) is 7.22. The average molecular weight is 375 g/mol. The molecular weight excluding hydrogens is 352 g/mol. The van der Waals surface area contributed by atoms with Gasteiger partial charge in [0.05, 0.1) is 13.2 Å². The number of amides is 1. The van der Waals surface area contributed by atoms with Crippen LogP contribution in [0.1, 0.15) is 25.8 Å². The predicted octanol–water partition coefficient (Wildman–Crippen LogP) is 1.57. The van der Waals surface area contributed by atoms with Gasteiger partial charge in [-0.25, -0.2) is 0 Å². The van der Waals surface area contributed by atoms with E-state index in [9.17, 15) is 9.90 Å². The summed E-state index contributed by atoms with van der Waals surface area (Å²) in [6.07, 6.45) is 0.840. The smallest absolute Gasteiger partial charge is 0.255 e. The number of nitrogens with one attached hydrogen (secondary N) is 1. The van der Waals surface area contributed by atoms with E-state index in [0.29, 0.717) is 24.7 Å². The van der Waals surface area contributed by atoms with Crippen LogP contribution in [0.25, 0.3) is 0 Å². The van der Waals surface area contributed by atoms with Gasteiger partial charge in [-0.1, -0.05) is 22.9 Å². The van der Waals surface area contributed by atoms with Crippen LogP contribution in [0.5, 0.6) is 11.5 Å². The topological polar surface area (TPSA) is 93.8 Å². The van der Waals surface area contributed by atoms with E-state index >= 15 is 0 Å². The van der Waals surface area contributed by atoms with E-state index in [2.05, 4.69) is 21.2 Å². The SMILES string of the molecule is CCOc1cc(CN[C@@H](CC)CO)c(Br)cc1OCC(N)=O. The molecule has 0 saturated carbocycles. The molecule has 1 atom stereocenters. The first-order valence-corrected chi connectivity index (χ1v) is 8.01. The van der Waals surface area contributed by atoms with Gasteiger partial charge in [-0.2, -0.15) is 0 Å². The molecule has 0 fully saturated rings. The van der Waals surface area contributed by atoms with Crippen molar-refractivity contribution in [3.8, 4) is 11.5 Å². The van der Waals surface area contributed by atoms with Crippen molar-refractivity contribution in [3.05, 3.63) is 22.2 Å². The van der Waals surface area contributed by atoms with Crippen molar-refractivity contribution >= 4 is 21.8 Å². The highest BCUT2D eigenvalue weighted by molar-refractivity contribution is 9.10. The lowest BCUT2D eigenvalue weighted by Gasteiger charge is -2.17. The van der Waals surface area contributed by atoms with Crippen LogP contribution in [0.15, 0.2) is 16.6 Å². The fourth-order valence-electron chi connectivity index (χ4n) is 1.83. The molecule has 124 valence electrons. The van der Waals surface area contributed by atoms with E-state index in [-0.39, 0.29) is 19.3 Å². The van der Waals surface area contributed by atoms with Crippen molar-refractivity contribution in [2.75, 3.05) is 19.8 Å². The fraction of sp³-hybridized carbons (Fsp3) is 0.533. The number of hydrogen-bond donors (Lipinski definition) is 3. The van der Waals surface area contributed by atoms with E-state index < -0.39 is 5.91 Å². The number of carbonyl (C=O) groups excluding carboxylic acids is 1. The van der Waals surface area contributed by atoms with Gasteiger partial charge < -0.3 is 25.6 Å². The highest BCUT2D eigenvalue weighted by atomic mass is 79.9. The summed E-state index contributed by atoms with van der Waals surface area (Å²) in [5, 5.41) is 12.5. The summed E-state index contributed by atoms with van der Waals surface area (Å²) in [5.74, 6) is 0.476. The maximum atomic E-state index is 10.8. The first kappa shape index (κ1) is 18.7. The maximum absolute atomic E-state index is 10.8. The number of carbonyl (C=O) groups is 1. The van der Waals surface area contributed by atoms with Crippen LogP contribution in [0.3, 0.4) is 0 Å². The lowest BCUT2D eigenvalue weighted by Crippen LogP contribution is -2.31. The molecule has 0 heterocycles. The number of primary amides is 1. The standard InChI is InChI=1S/C15H23BrN2O4/c1-3-11(8-19)18-7-10-5-13(21-4-2)14(6-12(10)16)22-9-15(17)20/h5-6,11,18-19H,3-4,7-9H2,1-2H3,(H2,17,20)/t11-/m0/s1. The zero-order chi connectivity index (χ0) is 16.5. The second-order valence-electron chi connectivity index (χ2n) is 4.75. The Bertz CT molecular complexity index is 493. The zero-order valence-electron chi connectivity index (χ0n) is 12.9. The summed E-state index contributed by atoms with van der Waals surface area (Å²) in [6, 6.07) is 3.65. The van der Waals surface area contributed by atoms with Crippen LogP contribution in [0, 0.1) is 0 Å². The van der Waals surface area contributed by atoms with Crippen molar-refractivity contribution in [2.24, 2.45) is 5.73 Å². The van der Waals surface area contributed by atoms with Crippen LogP contribution in [0.2, 0.25) is 0 Å². The van der Waals surface area contributed by atoms with Crippen LogP contribution in [-0.4, -0.2) is 36.9 Å². The second-order valence-corrected chi connectivity index (χ2v) is 5.60. The molecular formula is C15H23BrN2O4. The van der Waals surface area contributed by atoms with Crippen molar-refractivity contribution in [1.29, 1.82) is 0 Å². The number of benzene rings is 1. The van der Waals surface area contributed by atoms with Gasteiger partial charge in [0.1, 0.15) is 0 Å². The third-order valence-electron chi connectivity index (χ3n) is 3.08. The zero-order valence-corrected chi connectivity index (χ0v) is 14.5. The molecule has 1 rings (SSSR count). The van der Waals surface area contributed by atoms with Crippen molar-refractivity contribution in [1.82, 2.24) is 5.32 Å². The third-order valence-corrected chi connectivity index (χ3v) is 3.82. The Morgan fingerprint density at radius 2 is 2.05 bits per heavy atom. The van der Waals surface area contributed by atoms with Gasteiger partial charge in [0, 0.05) is 17.1 Å². The van der Waals surface area contributed by atoms with Crippen LogP contribution < -0.4 is 20.5 Å². The van der Waals surface area contributed by atoms with Crippen LogP contribution in [-0.2, 0) is 11.3 Å². The minimum absolute atomic E-state index is 0.0493. The number of rotatable bonds is 10. The number of nitrogens with two attached hydrogens (primary N) is 1. The third kappa shape index (κ3) is 5.82. The summed E-state index contributed by atoms with van der Waals surface area (Å²) in [4.78, 5) is 10.8. The van der Waals surface area contributed by atoms with Gasteiger partial charge in [0.25, 0.3) is 5.91 Å². The van der Waals surface area contributed by atoms with Crippen LogP contribution >= 0.6 is 15.9 Å². The van der Waals surface area contributed by atoms with E-state index in [4.69, 9.17) is 15.2 Å². The maximum Gasteiger partial charge on any atom is 0.255 e. The number of hydrogen-bond acceptors (Lipinski definition) is 5. The number of aliphatic hydroxyl groups is 1. The Labute approximate surface area is 139 Å². The average Bonchev–Trinajstić information content (AvgIpc) is 2.49. The van der Waals surface area contributed by atoms with Gasteiger partial charge in [0.2, 0.25) is 0 Å². The Morgan fingerprint density at radius 3 is 2.59 bits per heavy atom. The summed E-state index contributed by atoms with van der Waals surface area (Å²) < 4.78 is 11.7. The van der Waals surface area contributed by atoms with Crippen molar-refractivity contribution in [3.63, 3.8) is 0 Å². The lowest BCUT2D eigenvalue weighted by molar-refractivity contribution is -0.119. The summed E-state index contributed by atoms with van der Waals surface area (Å²) in [5.41, 5.74) is 6.07. The van der Waals surface area contributed by atoms with E-state index in [1.54, 1.807) is 6.07 Å². The molecule has 0 aromatic heterocycles. The van der Waals surface area contributed by atoms with Gasteiger partial charge in [-0.15, -0.1) is 0 Å². The molecule has 7 heteroatoms. The number of halogens is 1. The predicted molar refractivity (Wildman–Crippen MR) is 88.0 cm³/mol. The summed E-state index contributed by atoms with van der Waals surface area (Å²) >= 11 is 3.48. The molecule has 0 aliphatic carbocycles. The highest BCUT2D eigenvalue weighted by Gasteiger charge is 2.13. The molecule has 1 aromatic rings. The van der Waals surface area contributed by atoms with Crippen molar-refractivity contribution < 1.29 is 19.4 Å². The normalized spacial score (nSPS) is 12.0. The Balaban J connectivity index is 2.90. The van der Waals surface area contributed by atoms with Crippen LogP contribution in [0.4, 0.5) is 0 Å².